The van der Waals surface area contributed by atoms with Gasteiger partial charge in [-0.1, -0.05) is 39.5 Å². The minimum atomic E-state index is 0.397. The number of thioether (sulfide) groups is 3. The third-order valence-corrected chi connectivity index (χ3v) is 8.38. The molecule has 0 aromatic rings. The van der Waals surface area contributed by atoms with E-state index in [1.165, 1.54) is 32.1 Å². The molecule has 92 valence electrons. The molecule has 1 atom stereocenters. The zero-order valence-corrected chi connectivity index (χ0v) is 13.3. The van der Waals surface area contributed by atoms with E-state index >= 15 is 0 Å². The topological polar surface area (TPSA) is 0 Å². The first-order valence-corrected chi connectivity index (χ1v) is 9.50. The first-order chi connectivity index (χ1) is 7.17. The van der Waals surface area contributed by atoms with Gasteiger partial charge >= 0.3 is 0 Å². The van der Waals surface area contributed by atoms with Crippen molar-refractivity contribution in [1.82, 2.24) is 0 Å². The van der Waals surface area contributed by atoms with E-state index in [1.54, 1.807) is 0 Å². The van der Waals surface area contributed by atoms with Gasteiger partial charge in [-0.2, -0.15) is 0 Å². The molecule has 0 N–H and O–H groups in total. The van der Waals surface area contributed by atoms with Crippen LogP contribution >= 0.6 is 35.3 Å². The van der Waals surface area contributed by atoms with Crippen LogP contribution in [-0.4, -0.2) is 22.2 Å². The highest BCUT2D eigenvalue weighted by atomic mass is 32.3. The van der Waals surface area contributed by atoms with Crippen LogP contribution in [0.3, 0.4) is 0 Å². The molecule has 0 radical (unpaired) electrons. The van der Waals surface area contributed by atoms with Crippen molar-refractivity contribution in [3.63, 3.8) is 0 Å². The lowest BCUT2D eigenvalue weighted by molar-refractivity contribution is 0.430. The van der Waals surface area contributed by atoms with Gasteiger partial charge in [0.1, 0.15) is 3.41 Å². The van der Waals surface area contributed by atoms with Gasteiger partial charge in [-0.05, 0) is 31.1 Å². The molecule has 0 aliphatic carbocycles. The van der Waals surface area contributed by atoms with E-state index in [-0.39, 0.29) is 0 Å². The lowest BCUT2D eigenvalue weighted by Crippen LogP contribution is -2.19. The maximum atomic E-state index is 2.34. The Labute approximate surface area is 109 Å². The zero-order chi connectivity index (χ0) is 11.7. The Balaban J connectivity index is 4.21. The molecule has 0 rings (SSSR count). The average molecular weight is 267 g/mol. The molecule has 0 saturated heterocycles. The second-order valence-corrected chi connectivity index (χ2v) is 8.01. The summed E-state index contributed by atoms with van der Waals surface area (Å²) >= 11 is 6.06. The summed E-state index contributed by atoms with van der Waals surface area (Å²) in [5, 5.41) is 0. The second kappa shape index (κ2) is 9.12. The lowest BCUT2D eigenvalue weighted by atomic mass is 9.97. The predicted octanol–water partition coefficient (Wildman–Crippen LogP) is 5.34. The van der Waals surface area contributed by atoms with Gasteiger partial charge in [-0.15, -0.1) is 35.3 Å². The van der Waals surface area contributed by atoms with E-state index in [0.717, 1.165) is 5.92 Å². The van der Waals surface area contributed by atoms with E-state index in [0.29, 0.717) is 3.41 Å². The summed E-state index contributed by atoms with van der Waals surface area (Å²) in [6, 6.07) is 0. The Kier molecular flexibility index (Phi) is 9.76. The van der Waals surface area contributed by atoms with E-state index < -0.39 is 0 Å². The van der Waals surface area contributed by atoms with Gasteiger partial charge in [0.15, 0.2) is 0 Å². The number of unbranched alkanes of at least 4 members (excludes halogenated alkanes) is 1. The molecule has 0 aliphatic rings. The highest BCUT2D eigenvalue weighted by molar-refractivity contribution is 8.33. The van der Waals surface area contributed by atoms with Gasteiger partial charge in [-0.3, -0.25) is 0 Å². The monoisotopic (exact) mass is 266 g/mol. The van der Waals surface area contributed by atoms with Crippen LogP contribution in [0.5, 0.6) is 0 Å². The Morgan fingerprint density at radius 1 is 1.00 bits per heavy atom. The van der Waals surface area contributed by atoms with Gasteiger partial charge < -0.3 is 0 Å². The first-order valence-electron chi connectivity index (χ1n) is 5.83. The largest absolute Gasteiger partial charge is 0.137 e. The summed E-state index contributed by atoms with van der Waals surface area (Å²) in [5.41, 5.74) is 0. The normalized spacial score (nSPS) is 14.2. The Morgan fingerprint density at radius 3 is 1.87 bits per heavy atom. The molecule has 0 nitrogen and oxygen atoms in total. The second-order valence-electron chi connectivity index (χ2n) is 3.92. The summed E-state index contributed by atoms with van der Waals surface area (Å²) in [6.07, 6.45) is 13.6. The lowest BCUT2D eigenvalue weighted by Gasteiger charge is -2.32. The van der Waals surface area contributed by atoms with Crippen LogP contribution < -0.4 is 0 Å². The molecule has 15 heavy (non-hydrogen) atoms. The summed E-state index contributed by atoms with van der Waals surface area (Å²) < 4.78 is 0.397. The fourth-order valence-electron chi connectivity index (χ4n) is 1.80. The van der Waals surface area contributed by atoms with E-state index in [4.69, 9.17) is 0 Å². The van der Waals surface area contributed by atoms with Crippen LogP contribution in [0.25, 0.3) is 0 Å². The zero-order valence-electron chi connectivity index (χ0n) is 10.8. The highest BCUT2D eigenvalue weighted by Gasteiger charge is 2.29. The van der Waals surface area contributed by atoms with Crippen LogP contribution in [0.4, 0.5) is 0 Å². The Bertz CT molecular complexity index is 136. The third-order valence-electron chi connectivity index (χ3n) is 3.01. The van der Waals surface area contributed by atoms with Gasteiger partial charge in [0, 0.05) is 0 Å². The average Bonchev–Trinajstić information content (AvgIpc) is 2.30. The van der Waals surface area contributed by atoms with Crippen LogP contribution in [0.2, 0.25) is 0 Å². The third kappa shape index (κ3) is 5.78. The minimum Gasteiger partial charge on any atom is -0.137 e. The quantitative estimate of drug-likeness (QED) is 0.517. The molecule has 0 heterocycles. The molecule has 0 bridgehead atoms. The molecule has 3 heteroatoms. The summed E-state index contributed by atoms with van der Waals surface area (Å²) in [7, 11) is 0. The molecule has 0 amide bonds. The molecular weight excluding hydrogens is 240 g/mol. The molecule has 0 aliphatic heterocycles. The summed E-state index contributed by atoms with van der Waals surface area (Å²) in [5.74, 6) is 0.914. The van der Waals surface area contributed by atoms with Gasteiger partial charge in [0.05, 0.1) is 0 Å². The van der Waals surface area contributed by atoms with E-state index in [9.17, 15) is 0 Å². The molecule has 0 fully saturated rings. The SMILES string of the molecule is CCCCC(CC)CC(SC)(SC)SC. The van der Waals surface area contributed by atoms with Crippen molar-refractivity contribution in [1.29, 1.82) is 0 Å². The molecule has 1 unspecified atom stereocenters. The smallest absolute Gasteiger partial charge is 0.106 e. The predicted molar refractivity (Wildman–Crippen MR) is 81.2 cm³/mol. The molecular formula is C12H26S3. The first kappa shape index (κ1) is 16.1. The standard InChI is InChI=1S/C12H26S3/c1-6-8-9-11(7-2)10-12(13-3,14-4)15-5/h11H,6-10H2,1-5H3. The molecule has 0 saturated carbocycles. The number of hydrogen-bond donors (Lipinski definition) is 0. The van der Waals surface area contributed by atoms with Gasteiger partial charge in [0.2, 0.25) is 0 Å². The molecule has 0 aromatic heterocycles. The van der Waals surface area contributed by atoms with Crippen LogP contribution in [0, 0.1) is 5.92 Å². The maximum Gasteiger partial charge on any atom is 0.106 e. The fourth-order valence-corrected chi connectivity index (χ4v) is 5.00. The van der Waals surface area contributed by atoms with E-state index in [1.807, 2.05) is 35.3 Å². The van der Waals surface area contributed by atoms with Crippen LogP contribution in [-0.2, 0) is 0 Å². The van der Waals surface area contributed by atoms with Crippen LogP contribution in [0.15, 0.2) is 0 Å². The van der Waals surface area contributed by atoms with Gasteiger partial charge in [-0.25, -0.2) is 0 Å². The van der Waals surface area contributed by atoms with Crippen molar-refractivity contribution in [3.05, 3.63) is 0 Å². The minimum absolute atomic E-state index is 0.397. The maximum absolute atomic E-state index is 2.34. The van der Waals surface area contributed by atoms with Crippen molar-refractivity contribution in [2.75, 3.05) is 18.8 Å². The summed E-state index contributed by atoms with van der Waals surface area (Å²) in [6.45, 7) is 4.63. The van der Waals surface area contributed by atoms with E-state index in [2.05, 4.69) is 32.6 Å². The van der Waals surface area contributed by atoms with Gasteiger partial charge in [0.25, 0.3) is 0 Å². The van der Waals surface area contributed by atoms with Crippen molar-refractivity contribution in [2.24, 2.45) is 5.92 Å². The van der Waals surface area contributed by atoms with Crippen molar-refractivity contribution in [3.8, 4) is 0 Å². The number of hydrogen-bond acceptors (Lipinski definition) is 3. The van der Waals surface area contributed by atoms with Crippen molar-refractivity contribution < 1.29 is 0 Å². The van der Waals surface area contributed by atoms with Crippen LogP contribution in [0.1, 0.15) is 46.0 Å². The highest BCUT2D eigenvalue weighted by Crippen LogP contribution is 2.48. The van der Waals surface area contributed by atoms with Crippen molar-refractivity contribution in [2.45, 2.75) is 49.4 Å². The summed E-state index contributed by atoms with van der Waals surface area (Å²) in [4.78, 5) is 0. The number of rotatable bonds is 9. The van der Waals surface area contributed by atoms with Crippen molar-refractivity contribution >= 4 is 35.3 Å². The Morgan fingerprint density at radius 2 is 1.53 bits per heavy atom. The molecule has 0 aromatic carbocycles. The molecule has 0 spiro atoms. The Hall–Kier alpha value is 1.05. The fraction of sp³-hybridized carbons (Fsp3) is 1.00.